The van der Waals surface area contributed by atoms with Gasteiger partial charge in [0.05, 0.1) is 12.5 Å². The van der Waals surface area contributed by atoms with Crippen LogP contribution in [0.25, 0.3) is 0 Å². The predicted octanol–water partition coefficient (Wildman–Crippen LogP) is 8.44. The van der Waals surface area contributed by atoms with E-state index in [9.17, 15) is 19.8 Å². The molecule has 1 aromatic rings. The van der Waals surface area contributed by atoms with Gasteiger partial charge < -0.3 is 19.7 Å². The van der Waals surface area contributed by atoms with Gasteiger partial charge in [-0.05, 0) is 63.0 Å². The second-order valence-corrected chi connectivity index (χ2v) is 11.7. The van der Waals surface area contributed by atoms with Crippen molar-refractivity contribution >= 4 is 11.9 Å². The molecule has 0 aliphatic rings. The Morgan fingerprint density at radius 2 is 1.42 bits per heavy atom. The number of esters is 2. The number of benzene rings is 1. The lowest BCUT2D eigenvalue weighted by Gasteiger charge is -2.33. The fourth-order valence-corrected chi connectivity index (χ4v) is 4.84. The summed E-state index contributed by atoms with van der Waals surface area (Å²) >= 11 is 0. The van der Waals surface area contributed by atoms with Gasteiger partial charge in [-0.25, -0.2) is 0 Å². The fraction of sp³-hybridized carbons (Fsp3) is 0.750. The predicted molar refractivity (Wildman–Crippen MR) is 153 cm³/mol. The van der Waals surface area contributed by atoms with Crippen LogP contribution in [0.15, 0.2) is 12.1 Å². The van der Waals surface area contributed by atoms with Crippen LogP contribution in [0.1, 0.15) is 143 Å². The summed E-state index contributed by atoms with van der Waals surface area (Å²) in [6.45, 7) is 14.5. The largest absolute Gasteiger partial charge is 0.508 e. The highest BCUT2D eigenvalue weighted by Gasteiger charge is 2.36. The van der Waals surface area contributed by atoms with Crippen molar-refractivity contribution in [3.05, 3.63) is 23.3 Å². The first-order valence-corrected chi connectivity index (χ1v) is 14.9. The lowest BCUT2D eigenvalue weighted by molar-refractivity contribution is -0.165. The number of ether oxygens (including phenoxy) is 2. The molecule has 0 aliphatic carbocycles. The number of hydrogen-bond acceptors (Lipinski definition) is 6. The molecule has 0 fully saturated rings. The third-order valence-electron chi connectivity index (χ3n) is 7.58. The molecule has 0 spiro atoms. The Bertz CT molecular complexity index is 862. The molecule has 2 unspecified atom stereocenters. The molecule has 0 saturated heterocycles. The zero-order valence-electron chi connectivity index (χ0n) is 25.2. The number of carbonyl (C=O) groups excluding carboxylic acids is 2. The summed E-state index contributed by atoms with van der Waals surface area (Å²) in [5.41, 5.74) is -0.497. The van der Waals surface area contributed by atoms with Crippen molar-refractivity contribution in [3.8, 4) is 11.5 Å². The molecule has 0 radical (unpaired) electrons. The minimum Gasteiger partial charge on any atom is -0.508 e. The number of phenols is 2. The Kier molecular flexibility index (Phi) is 14.8. The van der Waals surface area contributed by atoms with E-state index in [2.05, 4.69) is 20.8 Å². The highest BCUT2D eigenvalue weighted by atomic mass is 16.6. The summed E-state index contributed by atoms with van der Waals surface area (Å²) in [5.74, 6) is -0.643. The molecular weight excluding hydrogens is 480 g/mol. The molecule has 6 heteroatoms. The van der Waals surface area contributed by atoms with E-state index in [1.165, 1.54) is 0 Å². The monoisotopic (exact) mass is 534 g/mol. The van der Waals surface area contributed by atoms with Crippen LogP contribution >= 0.6 is 0 Å². The van der Waals surface area contributed by atoms with E-state index in [0.29, 0.717) is 43.4 Å². The van der Waals surface area contributed by atoms with Crippen LogP contribution < -0.4 is 0 Å². The summed E-state index contributed by atoms with van der Waals surface area (Å²) in [6.07, 6.45) is 10.8. The number of carbonyl (C=O) groups is 2. The summed E-state index contributed by atoms with van der Waals surface area (Å²) < 4.78 is 11.4. The summed E-state index contributed by atoms with van der Waals surface area (Å²) in [6, 6.07) is 3.14. The second kappa shape index (κ2) is 16.7. The fourth-order valence-electron chi connectivity index (χ4n) is 4.84. The molecular formula is C32H54O6. The van der Waals surface area contributed by atoms with E-state index in [1.807, 2.05) is 27.7 Å². The Labute approximate surface area is 231 Å². The minimum absolute atomic E-state index is 0.00461. The molecule has 0 heterocycles. The maximum atomic E-state index is 12.9. The Hall–Kier alpha value is -2.24. The first kappa shape index (κ1) is 33.8. The number of rotatable bonds is 19. The summed E-state index contributed by atoms with van der Waals surface area (Å²) in [4.78, 5) is 25.0. The van der Waals surface area contributed by atoms with Crippen molar-refractivity contribution in [3.63, 3.8) is 0 Å². The van der Waals surface area contributed by atoms with Crippen molar-refractivity contribution < 1.29 is 29.3 Å². The van der Waals surface area contributed by atoms with Crippen molar-refractivity contribution in [2.24, 2.45) is 5.92 Å². The molecule has 0 aromatic heterocycles. The second-order valence-electron chi connectivity index (χ2n) is 11.7. The number of aromatic hydroxyl groups is 2. The highest BCUT2D eigenvalue weighted by molar-refractivity contribution is 5.73. The van der Waals surface area contributed by atoms with Crippen LogP contribution in [-0.4, -0.2) is 28.8 Å². The van der Waals surface area contributed by atoms with Crippen LogP contribution in [0.3, 0.4) is 0 Å². The smallest absolute Gasteiger partial charge is 0.309 e. The van der Waals surface area contributed by atoms with Gasteiger partial charge in [0.25, 0.3) is 0 Å². The first-order chi connectivity index (χ1) is 17.9. The van der Waals surface area contributed by atoms with Gasteiger partial charge in [0.2, 0.25) is 0 Å². The molecule has 2 atom stereocenters. The van der Waals surface area contributed by atoms with Crippen LogP contribution in [-0.2, 0) is 30.1 Å². The van der Waals surface area contributed by atoms with E-state index >= 15 is 0 Å². The maximum Gasteiger partial charge on any atom is 0.309 e. The van der Waals surface area contributed by atoms with Crippen LogP contribution in [0.2, 0.25) is 0 Å². The Morgan fingerprint density at radius 3 is 2.05 bits per heavy atom. The van der Waals surface area contributed by atoms with E-state index in [4.69, 9.17) is 9.47 Å². The minimum atomic E-state index is -1.04. The molecule has 0 aliphatic heterocycles. The van der Waals surface area contributed by atoms with Gasteiger partial charge in [-0.15, -0.1) is 0 Å². The van der Waals surface area contributed by atoms with Gasteiger partial charge in [-0.3, -0.25) is 9.59 Å². The van der Waals surface area contributed by atoms with Crippen molar-refractivity contribution in [1.82, 2.24) is 0 Å². The third kappa shape index (κ3) is 10.9. The van der Waals surface area contributed by atoms with E-state index < -0.39 is 11.0 Å². The maximum absolute atomic E-state index is 12.9. The van der Waals surface area contributed by atoms with Crippen molar-refractivity contribution in [2.45, 2.75) is 143 Å². The summed E-state index contributed by atoms with van der Waals surface area (Å²) in [5, 5.41) is 22.2. The topological polar surface area (TPSA) is 93.1 Å². The van der Waals surface area contributed by atoms with E-state index in [-0.39, 0.29) is 29.4 Å². The number of phenolic OH excluding ortho intramolecular Hbond substituents is 2. The van der Waals surface area contributed by atoms with Crippen LogP contribution in [0.5, 0.6) is 11.5 Å². The van der Waals surface area contributed by atoms with E-state index in [0.717, 1.165) is 57.8 Å². The summed E-state index contributed by atoms with van der Waals surface area (Å²) in [7, 11) is 0. The molecule has 2 N–H and O–H groups in total. The highest BCUT2D eigenvalue weighted by Crippen LogP contribution is 2.44. The molecule has 0 amide bonds. The Balaban J connectivity index is 2.97. The van der Waals surface area contributed by atoms with E-state index in [1.54, 1.807) is 12.1 Å². The Morgan fingerprint density at radius 1 is 0.816 bits per heavy atom. The molecule has 0 bridgehead atoms. The van der Waals surface area contributed by atoms with Gasteiger partial charge >= 0.3 is 11.9 Å². The molecule has 0 saturated carbocycles. The van der Waals surface area contributed by atoms with Gasteiger partial charge in [0.1, 0.15) is 17.1 Å². The average molecular weight is 535 g/mol. The van der Waals surface area contributed by atoms with Crippen LogP contribution in [0, 0.1) is 5.92 Å². The molecule has 6 nitrogen and oxygen atoms in total. The normalized spacial score (nSPS) is 14.1. The van der Waals surface area contributed by atoms with Gasteiger partial charge in [-0.1, -0.05) is 80.1 Å². The molecule has 1 aromatic carbocycles. The lowest BCUT2D eigenvalue weighted by atomic mass is 9.78. The number of hydrogen-bond donors (Lipinski definition) is 2. The zero-order chi connectivity index (χ0) is 28.8. The average Bonchev–Trinajstić information content (AvgIpc) is 2.86. The first-order valence-electron chi connectivity index (χ1n) is 14.9. The molecule has 38 heavy (non-hydrogen) atoms. The SMILES string of the molecule is CCCCCCOC(=O)CCCC(C)(C)c1cc(O)c(C(C)(CCCC)OC(=O)C(C)CCCC)cc1O. The van der Waals surface area contributed by atoms with Gasteiger partial charge in [0.15, 0.2) is 0 Å². The van der Waals surface area contributed by atoms with Crippen molar-refractivity contribution in [2.75, 3.05) is 6.61 Å². The van der Waals surface area contributed by atoms with Crippen LogP contribution in [0.4, 0.5) is 0 Å². The van der Waals surface area contributed by atoms with Gasteiger partial charge in [0, 0.05) is 17.5 Å². The number of unbranched alkanes of at least 4 members (excludes halogenated alkanes) is 5. The zero-order valence-corrected chi connectivity index (χ0v) is 25.2. The third-order valence-corrected chi connectivity index (χ3v) is 7.58. The lowest BCUT2D eigenvalue weighted by Crippen LogP contribution is -2.32. The van der Waals surface area contributed by atoms with Crippen molar-refractivity contribution in [1.29, 1.82) is 0 Å². The van der Waals surface area contributed by atoms with Gasteiger partial charge in [-0.2, -0.15) is 0 Å². The standard InChI is InChI=1S/C32H54O6/c1-8-11-14-15-21-37-29(35)18-16-19-31(5,6)25-22-28(34)26(23-27(25)33)32(7,20-13-10-3)38-30(36)24(4)17-12-9-2/h22-24,33-34H,8-21H2,1-7H3. The molecule has 1 rings (SSSR count). The quantitative estimate of drug-likeness (QED) is 0.105. The molecule has 218 valence electrons.